The first-order valence-corrected chi connectivity index (χ1v) is 5.97. The molecule has 1 fully saturated rings. The van der Waals surface area contributed by atoms with Crippen molar-refractivity contribution in [2.75, 3.05) is 19.8 Å². The highest BCUT2D eigenvalue weighted by atomic mass is 19.4. The standard InChI is InChI=1S/C11H18F3NO3/c12-11(13,14)7-18-5-4-10(17)15-9-3-1-2-8(9)6-16/h8-9,16H,1-7H2,(H,15,17). The predicted molar refractivity (Wildman–Crippen MR) is 57.8 cm³/mol. The molecule has 0 heterocycles. The van der Waals surface area contributed by atoms with Crippen molar-refractivity contribution >= 4 is 5.91 Å². The Kier molecular flexibility index (Phi) is 5.87. The van der Waals surface area contributed by atoms with Gasteiger partial charge >= 0.3 is 6.18 Å². The van der Waals surface area contributed by atoms with Crippen molar-refractivity contribution in [3.63, 3.8) is 0 Å². The maximum atomic E-state index is 11.8. The number of nitrogens with one attached hydrogen (secondary N) is 1. The number of carbonyl (C=O) groups is 1. The van der Waals surface area contributed by atoms with E-state index < -0.39 is 12.8 Å². The largest absolute Gasteiger partial charge is 0.411 e. The van der Waals surface area contributed by atoms with Crippen LogP contribution in [0.15, 0.2) is 0 Å². The van der Waals surface area contributed by atoms with E-state index in [2.05, 4.69) is 10.1 Å². The van der Waals surface area contributed by atoms with Crippen LogP contribution in [0.3, 0.4) is 0 Å². The normalized spacial score (nSPS) is 24.2. The molecule has 0 bridgehead atoms. The van der Waals surface area contributed by atoms with Crippen LogP contribution < -0.4 is 5.32 Å². The molecule has 0 aromatic carbocycles. The van der Waals surface area contributed by atoms with E-state index in [4.69, 9.17) is 5.11 Å². The minimum atomic E-state index is -4.36. The zero-order chi connectivity index (χ0) is 13.6. The lowest BCUT2D eigenvalue weighted by Gasteiger charge is -2.19. The summed E-state index contributed by atoms with van der Waals surface area (Å²) in [6.07, 6.45) is -1.83. The lowest BCUT2D eigenvalue weighted by atomic mass is 10.1. The highest BCUT2D eigenvalue weighted by molar-refractivity contribution is 5.76. The lowest BCUT2D eigenvalue weighted by molar-refractivity contribution is -0.174. The van der Waals surface area contributed by atoms with Crippen molar-refractivity contribution in [2.24, 2.45) is 5.92 Å². The van der Waals surface area contributed by atoms with Crippen LogP contribution in [0.1, 0.15) is 25.7 Å². The van der Waals surface area contributed by atoms with Gasteiger partial charge in [-0.25, -0.2) is 0 Å². The monoisotopic (exact) mass is 269 g/mol. The number of ether oxygens (including phenoxy) is 1. The number of halogens is 3. The molecule has 7 heteroatoms. The van der Waals surface area contributed by atoms with E-state index in [1.165, 1.54) is 0 Å². The van der Waals surface area contributed by atoms with Crippen LogP contribution in [0, 0.1) is 5.92 Å². The van der Waals surface area contributed by atoms with Gasteiger partial charge in [-0.15, -0.1) is 0 Å². The van der Waals surface area contributed by atoms with E-state index in [1.807, 2.05) is 0 Å². The third-order valence-electron chi connectivity index (χ3n) is 2.98. The molecule has 0 aromatic rings. The molecule has 1 saturated carbocycles. The molecule has 2 N–H and O–H groups in total. The number of hydrogen-bond acceptors (Lipinski definition) is 3. The summed E-state index contributed by atoms with van der Waals surface area (Å²) in [6, 6.07) is -0.0647. The van der Waals surface area contributed by atoms with Gasteiger partial charge < -0.3 is 15.2 Å². The second kappa shape index (κ2) is 6.94. The number of alkyl halides is 3. The van der Waals surface area contributed by atoms with Crippen LogP contribution in [0.25, 0.3) is 0 Å². The van der Waals surface area contributed by atoms with Crippen LogP contribution in [0.2, 0.25) is 0 Å². The first kappa shape index (κ1) is 15.2. The summed E-state index contributed by atoms with van der Waals surface area (Å²) in [5, 5.41) is 11.8. The molecule has 106 valence electrons. The van der Waals surface area contributed by atoms with Crippen molar-refractivity contribution in [1.29, 1.82) is 0 Å². The number of rotatable bonds is 6. The minimum Gasteiger partial charge on any atom is -0.396 e. The molecular weight excluding hydrogens is 251 g/mol. The Morgan fingerprint density at radius 3 is 2.72 bits per heavy atom. The molecule has 2 atom stereocenters. The summed E-state index contributed by atoms with van der Waals surface area (Å²) in [7, 11) is 0. The molecule has 18 heavy (non-hydrogen) atoms. The fraction of sp³-hybridized carbons (Fsp3) is 0.909. The molecule has 0 saturated heterocycles. The molecule has 0 aliphatic heterocycles. The van der Waals surface area contributed by atoms with E-state index in [9.17, 15) is 18.0 Å². The number of aliphatic hydroxyl groups excluding tert-OH is 1. The Hall–Kier alpha value is -0.820. The van der Waals surface area contributed by atoms with E-state index in [-0.39, 0.29) is 37.5 Å². The van der Waals surface area contributed by atoms with Crippen molar-refractivity contribution in [3.8, 4) is 0 Å². The molecular formula is C11H18F3NO3. The van der Waals surface area contributed by atoms with Gasteiger partial charge in [0.2, 0.25) is 5.91 Å². The van der Waals surface area contributed by atoms with E-state index in [0.29, 0.717) is 0 Å². The fourth-order valence-electron chi connectivity index (χ4n) is 2.08. The van der Waals surface area contributed by atoms with Gasteiger partial charge in [0.25, 0.3) is 0 Å². The first-order chi connectivity index (χ1) is 8.42. The average molecular weight is 269 g/mol. The second-order valence-electron chi connectivity index (χ2n) is 4.47. The zero-order valence-electron chi connectivity index (χ0n) is 10.0. The van der Waals surface area contributed by atoms with Gasteiger partial charge in [0.1, 0.15) is 6.61 Å². The zero-order valence-corrected chi connectivity index (χ0v) is 10.0. The van der Waals surface area contributed by atoms with Crippen LogP contribution in [-0.2, 0) is 9.53 Å². The number of aliphatic hydroxyl groups is 1. The Bertz CT molecular complexity index is 271. The van der Waals surface area contributed by atoms with Crippen LogP contribution in [0.5, 0.6) is 0 Å². The van der Waals surface area contributed by atoms with E-state index in [1.54, 1.807) is 0 Å². The second-order valence-corrected chi connectivity index (χ2v) is 4.47. The maximum Gasteiger partial charge on any atom is 0.411 e. The number of carbonyl (C=O) groups excluding carboxylic acids is 1. The Morgan fingerprint density at radius 1 is 1.39 bits per heavy atom. The highest BCUT2D eigenvalue weighted by Gasteiger charge is 2.29. The first-order valence-electron chi connectivity index (χ1n) is 5.97. The molecule has 0 radical (unpaired) electrons. The van der Waals surface area contributed by atoms with Gasteiger partial charge in [0.05, 0.1) is 6.61 Å². The fourth-order valence-corrected chi connectivity index (χ4v) is 2.08. The summed E-state index contributed by atoms with van der Waals surface area (Å²) < 4.78 is 39.6. The van der Waals surface area contributed by atoms with Crippen molar-refractivity contribution in [3.05, 3.63) is 0 Å². The molecule has 1 amide bonds. The Balaban J connectivity index is 2.14. The molecule has 0 aromatic heterocycles. The highest BCUT2D eigenvalue weighted by Crippen LogP contribution is 2.25. The van der Waals surface area contributed by atoms with E-state index >= 15 is 0 Å². The molecule has 1 aliphatic rings. The molecule has 2 unspecified atom stereocenters. The van der Waals surface area contributed by atoms with Gasteiger partial charge in [0.15, 0.2) is 0 Å². The summed E-state index contributed by atoms with van der Waals surface area (Å²) in [4.78, 5) is 11.4. The van der Waals surface area contributed by atoms with Crippen molar-refractivity contribution in [2.45, 2.75) is 37.9 Å². The third kappa shape index (κ3) is 5.68. The van der Waals surface area contributed by atoms with Crippen LogP contribution >= 0.6 is 0 Å². The van der Waals surface area contributed by atoms with Gasteiger partial charge in [-0.3, -0.25) is 4.79 Å². The van der Waals surface area contributed by atoms with Crippen molar-refractivity contribution < 1.29 is 27.8 Å². The SMILES string of the molecule is O=C(CCOCC(F)(F)F)NC1CCCC1CO. The van der Waals surface area contributed by atoms with Crippen LogP contribution in [-0.4, -0.2) is 43.1 Å². The summed E-state index contributed by atoms with van der Waals surface area (Å²) in [6.45, 7) is -1.56. The maximum absolute atomic E-state index is 11.8. The van der Waals surface area contributed by atoms with Gasteiger partial charge in [-0.05, 0) is 12.8 Å². The summed E-state index contributed by atoms with van der Waals surface area (Å²) in [5.74, 6) is -0.271. The molecule has 1 aliphatic carbocycles. The third-order valence-corrected chi connectivity index (χ3v) is 2.98. The molecule has 4 nitrogen and oxygen atoms in total. The van der Waals surface area contributed by atoms with Gasteiger partial charge in [-0.2, -0.15) is 13.2 Å². The quantitative estimate of drug-likeness (QED) is 0.713. The molecule has 0 spiro atoms. The Morgan fingerprint density at radius 2 is 2.11 bits per heavy atom. The van der Waals surface area contributed by atoms with Crippen LogP contribution in [0.4, 0.5) is 13.2 Å². The lowest BCUT2D eigenvalue weighted by Crippen LogP contribution is -2.39. The van der Waals surface area contributed by atoms with Gasteiger partial charge in [-0.1, -0.05) is 6.42 Å². The summed E-state index contributed by atoms with van der Waals surface area (Å²) >= 11 is 0. The topological polar surface area (TPSA) is 58.6 Å². The predicted octanol–water partition coefficient (Wildman–Crippen LogP) is 1.23. The summed E-state index contributed by atoms with van der Waals surface area (Å²) in [5.41, 5.74) is 0. The minimum absolute atomic E-state index is 0.0233. The van der Waals surface area contributed by atoms with Crippen molar-refractivity contribution in [1.82, 2.24) is 5.32 Å². The smallest absolute Gasteiger partial charge is 0.396 e. The van der Waals surface area contributed by atoms with E-state index in [0.717, 1.165) is 19.3 Å². The number of amides is 1. The van der Waals surface area contributed by atoms with Gasteiger partial charge in [0, 0.05) is 25.0 Å². The number of hydrogen-bond donors (Lipinski definition) is 2. The Labute approximate surface area is 103 Å². The average Bonchev–Trinajstić information content (AvgIpc) is 2.70. The molecule has 1 rings (SSSR count).